The number of nitro benzene ring substituents is 1. The Morgan fingerprint density at radius 3 is 2.27 bits per heavy atom. The number of carbonyl (C=O) groups excluding carboxylic acids is 1. The number of sulfone groups is 1. The van der Waals surface area contributed by atoms with E-state index < -0.39 is 31.1 Å². The average molecular weight is 424 g/mol. The number of nitro groups is 1. The van der Waals surface area contributed by atoms with Crippen LogP contribution in [-0.4, -0.2) is 24.3 Å². The lowest BCUT2D eigenvalue weighted by Gasteiger charge is -2.05. The van der Waals surface area contributed by atoms with Crippen molar-refractivity contribution in [2.75, 3.05) is 0 Å². The molecule has 0 aliphatic heterocycles. The molecule has 0 aliphatic carbocycles. The van der Waals surface area contributed by atoms with E-state index in [4.69, 9.17) is 8.94 Å². The van der Waals surface area contributed by atoms with Gasteiger partial charge >= 0.3 is 0 Å². The molecular formula is C20H12N2O7S. The standard InChI is InChI=1S/C20H12N2O7S/c23-18(13-8-10-14(11-9-13)22(24)25)17-20(19(29-21-17)16-7-4-12-28-16)30(26,27)15-5-2-1-3-6-15/h1-12H. The van der Waals surface area contributed by atoms with Gasteiger partial charge < -0.3 is 8.94 Å². The van der Waals surface area contributed by atoms with Crippen molar-refractivity contribution in [2.24, 2.45) is 0 Å². The highest BCUT2D eigenvalue weighted by Gasteiger charge is 2.35. The number of furan rings is 1. The van der Waals surface area contributed by atoms with Gasteiger partial charge in [-0.25, -0.2) is 8.42 Å². The van der Waals surface area contributed by atoms with Crippen molar-refractivity contribution in [3.63, 3.8) is 0 Å². The molecule has 4 rings (SSSR count). The van der Waals surface area contributed by atoms with Crippen molar-refractivity contribution < 1.29 is 27.1 Å². The molecular weight excluding hydrogens is 412 g/mol. The highest BCUT2D eigenvalue weighted by molar-refractivity contribution is 7.91. The third-order valence-corrected chi connectivity index (χ3v) is 6.08. The maximum Gasteiger partial charge on any atom is 0.269 e. The molecule has 2 aromatic heterocycles. The summed E-state index contributed by atoms with van der Waals surface area (Å²) in [6, 6.07) is 15.3. The Hall–Kier alpha value is -4.05. The summed E-state index contributed by atoms with van der Waals surface area (Å²) in [6.07, 6.45) is 1.33. The number of hydrogen-bond donors (Lipinski definition) is 0. The van der Waals surface area contributed by atoms with Crippen LogP contribution in [0.1, 0.15) is 16.1 Å². The van der Waals surface area contributed by atoms with Gasteiger partial charge in [-0.1, -0.05) is 23.4 Å². The number of carbonyl (C=O) groups is 1. The zero-order chi connectivity index (χ0) is 21.3. The third kappa shape index (κ3) is 3.29. The van der Waals surface area contributed by atoms with E-state index in [9.17, 15) is 23.3 Å². The normalized spacial score (nSPS) is 11.3. The van der Waals surface area contributed by atoms with E-state index in [2.05, 4.69) is 5.16 Å². The molecule has 0 spiro atoms. The van der Waals surface area contributed by atoms with Crippen LogP contribution < -0.4 is 0 Å². The van der Waals surface area contributed by atoms with Crippen LogP contribution in [0.15, 0.2) is 91.7 Å². The molecule has 30 heavy (non-hydrogen) atoms. The van der Waals surface area contributed by atoms with Gasteiger partial charge in [-0.15, -0.1) is 0 Å². The monoisotopic (exact) mass is 424 g/mol. The van der Waals surface area contributed by atoms with Gasteiger partial charge in [-0.05, 0) is 36.4 Å². The smallest absolute Gasteiger partial charge is 0.269 e. The molecule has 0 atom stereocenters. The molecule has 0 saturated heterocycles. The quantitative estimate of drug-likeness (QED) is 0.258. The van der Waals surface area contributed by atoms with Crippen molar-refractivity contribution >= 4 is 21.3 Å². The Kier molecular flexibility index (Phi) is 4.76. The van der Waals surface area contributed by atoms with Crippen molar-refractivity contribution in [1.29, 1.82) is 0 Å². The van der Waals surface area contributed by atoms with E-state index in [0.29, 0.717) is 0 Å². The zero-order valence-electron chi connectivity index (χ0n) is 15.1. The minimum Gasteiger partial charge on any atom is -0.461 e. The molecule has 0 amide bonds. The minimum absolute atomic E-state index is 0.0180. The lowest BCUT2D eigenvalue weighted by Crippen LogP contribution is -2.11. The van der Waals surface area contributed by atoms with Crippen molar-refractivity contribution in [3.8, 4) is 11.5 Å². The SMILES string of the molecule is O=C(c1ccc([N+](=O)[O-])cc1)c1noc(-c2ccco2)c1S(=O)(=O)c1ccccc1. The van der Waals surface area contributed by atoms with Gasteiger partial charge in [0.2, 0.25) is 21.4 Å². The topological polar surface area (TPSA) is 134 Å². The third-order valence-electron chi connectivity index (χ3n) is 4.27. The van der Waals surface area contributed by atoms with Crippen LogP contribution in [0.4, 0.5) is 5.69 Å². The van der Waals surface area contributed by atoms with Crippen LogP contribution in [0.3, 0.4) is 0 Å². The molecule has 0 unspecified atom stereocenters. The number of non-ortho nitro benzene ring substituents is 1. The molecule has 2 aromatic carbocycles. The first kappa shape index (κ1) is 19.3. The zero-order valence-corrected chi connectivity index (χ0v) is 15.9. The number of hydrogen-bond acceptors (Lipinski definition) is 8. The number of rotatable bonds is 6. The summed E-state index contributed by atoms with van der Waals surface area (Å²) in [5, 5.41) is 14.5. The molecule has 0 aliphatic rings. The van der Waals surface area contributed by atoms with Gasteiger partial charge in [0.05, 0.1) is 16.1 Å². The fourth-order valence-electron chi connectivity index (χ4n) is 2.83. The molecule has 0 N–H and O–H groups in total. The van der Waals surface area contributed by atoms with E-state index in [0.717, 1.165) is 12.1 Å². The van der Waals surface area contributed by atoms with Crippen LogP contribution in [0, 0.1) is 10.1 Å². The lowest BCUT2D eigenvalue weighted by molar-refractivity contribution is -0.384. The second-order valence-corrected chi connectivity index (χ2v) is 8.00. The maximum atomic E-state index is 13.3. The van der Waals surface area contributed by atoms with Crippen LogP contribution in [0.2, 0.25) is 0 Å². The van der Waals surface area contributed by atoms with E-state index in [1.165, 1.54) is 42.7 Å². The molecule has 0 fully saturated rings. The van der Waals surface area contributed by atoms with Crippen LogP contribution in [0.25, 0.3) is 11.5 Å². The molecule has 2 heterocycles. The average Bonchev–Trinajstić information content (AvgIpc) is 3.44. The number of ketones is 1. The van der Waals surface area contributed by atoms with Crippen LogP contribution in [-0.2, 0) is 9.84 Å². The first-order valence-corrected chi connectivity index (χ1v) is 10.0. The molecule has 0 bridgehead atoms. The summed E-state index contributed by atoms with van der Waals surface area (Å²) >= 11 is 0. The van der Waals surface area contributed by atoms with Gasteiger partial charge in [0.1, 0.15) is 0 Å². The fourth-order valence-corrected chi connectivity index (χ4v) is 4.35. The Bertz CT molecular complexity index is 1320. The van der Waals surface area contributed by atoms with Crippen LogP contribution in [0.5, 0.6) is 0 Å². The number of nitrogens with zero attached hydrogens (tertiary/aromatic N) is 2. The maximum absolute atomic E-state index is 13.3. The van der Waals surface area contributed by atoms with Gasteiger partial charge in [0, 0.05) is 17.7 Å². The van der Waals surface area contributed by atoms with E-state index >= 15 is 0 Å². The highest BCUT2D eigenvalue weighted by atomic mass is 32.2. The summed E-state index contributed by atoms with van der Waals surface area (Å²) in [5.74, 6) is -0.894. The summed E-state index contributed by atoms with van der Waals surface area (Å²) in [6.45, 7) is 0. The van der Waals surface area contributed by atoms with E-state index in [-0.39, 0.29) is 27.7 Å². The summed E-state index contributed by atoms with van der Waals surface area (Å²) < 4.78 is 37.1. The Morgan fingerprint density at radius 1 is 0.967 bits per heavy atom. The first-order chi connectivity index (χ1) is 14.4. The molecule has 150 valence electrons. The molecule has 9 nitrogen and oxygen atoms in total. The first-order valence-electron chi connectivity index (χ1n) is 8.52. The Labute approximate surface area is 169 Å². The predicted octanol–water partition coefficient (Wildman–Crippen LogP) is 3.91. The summed E-state index contributed by atoms with van der Waals surface area (Å²) in [4.78, 5) is 22.8. The van der Waals surface area contributed by atoms with Gasteiger partial charge in [-0.2, -0.15) is 0 Å². The number of aromatic nitrogens is 1. The second kappa shape index (κ2) is 7.41. The predicted molar refractivity (Wildman–Crippen MR) is 103 cm³/mol. The fraction of sp³-hybridized carbons (Fsp3) is 0. The van der Waals surface area contributed by atoms with E-state index in [1.54, 1.807) is 18.2 Å². The summed E-state index contributed by atoms with van der Waals surface area (Å²) in [7, 11) is -4.20. The van der Waals surface area contributed by atoms with Gasteiger partial charge in [0.15, 0.2) is 16.3 Å². The van der Waals surface area contributed by atoms with Crippen molar-refractivity contribution in [3.05, 3.63) is 94.4 Å². The van der Waals surface area contributed by atoms with E-state index in [1.807, 2.05) is 0 Å². The Morgan fingerprint density at radius 2 is 1.67 bits per heavy atom. The summed E-state index contributed by atoms with van der Waals surface area (Å²) in [5.41, 5.74) is -0.636. The molecule has 0 saturated carbocycles. The second-order valence-electron chi connectivity index (χ2n) is 6.12. The molecule has 10 heteroatoms. The molecule has 0 radical (unpaired) electrons. The molecule has 4 aromatic rings. The van der Waals surface area contributed by atoms with Gasteiger partial charge in [-0.3, -0.25) is 14.9 Å². The largest absolute Gasteiger partial charge is 0.461 e. The highest BCUT2D eigenvalue weighted by Crippen LogP contribution is 2.35. The lowest BCUT2D eigenvalue weighted by atomic mass is 10.1. The van der Waals surface area contributed by atoms with Crippen LogP contribution >= 0.6 is 0 Å². The van der Waals surface area contributed by atoms with Crippen molar-refractivity contribution in [2.45, 2.75) is 9.79 Å². The van der Waals surface area contributed by atoms with Crippen molar-refractivity contribution in [1.82, 2.24) is 5.16 Å². The van der Waals surface area contributed by atoms with Gasteiger partial charge in [0.25, 0.3) is 5.69 Å². The minimum atomic E-state index is -4.20. The number of benzene rings is 2. The Balaban J connectivity index is 1.89.